The summed E-state index contributed by atoms with van der Waals surface area (Å²) in [6, 6.07) is -0.552. The molecule has 0 aliphatic carbocycles. The molecule has 3 N–H and O–H groups in total. The predicted octanol–water partition coefficient (Wildman–Crippen LogP) is 12.6. The topological polar surface area (TPSA) is 95.9 Å². The highest BCUT2D eigenvalue weighted by atomic mass is 16.5. The summed E-state index contributed by atoms with van der Waals surface area (Å²) in [5, 5.41) is 23.0. The smallest absolute Gasteiger partial charge is 0.305 e. The van der Waals surface area contributed by atoms with Crippen molar-refractivity contribution in [2.45, 2.75) is 251 Å². The van der Waals surface area contributed by atoms with Gasteiger partial charge in [0.2, 0.25) is 5.91 Å². The van der Waals surface area contributed by atoms with Crippen molar-refractivity contribution in [3.05, 3.63) is 12.2 Å². The van der Waals surface area contributed by atoms with Crippen LogP contribution >= 0.6 is 0 Å². The molecule has 0 spiro atoms. The molecule has 1 amide bonds. The Bertz CT molecular complexity index is 757. The van der Waals surface area contributed by atoms with Crippen LogP contribution in [0, 0.1) is 0 Å². The average molecular weight is 722 g/mol. The number of carbonyl (C=O) groups is 2. The van der Waals surface area contributed by atoms with Crippen molar-refractivity contribution in [1.82, 2.24) is 5.32 Å². The van der Waals surface area contributed by atoms with Crippen molar-refractivity contribution in [3.8, 4) is 0 Å². The fourth-order valence-corrected chi connectivity index (χ4v) is 6.81. The summed E-state index contributed by atoms with van der Waals surface area (Å²) in [5.74, 6) is -0.0802. The largest absolute Gasteiger partial charge is 0.466 e. The van der Waals surface area contributed by atoms with E-state index in [0.717, 1.165) is 57.8 Å². The summed E-state index contributed by atoms with van der Waals surface area (Å²) in [4.78, 5) is 24.3. The Kier molecular flexibility index (Phi) is 40.2. The molecule has 0 bridgehead atoms. The number of esters is 1. The molecule has 51 heavy (non-hydrogen) atoms. The minimum Gasteiger partial charge on any atom is -0.466 e. The second kappa shape index (κ2) is 41.4. The van der Waals surface area contributed by atoms with Crippen molar-refractivity contribution < 1.29 is 24.5 Å². The molecule has 0 rings (SSSR count). The second-order valence-electron chi connectivity index (χ2n) is 15.4. The molecule has 6 nitrogen and oxygen atoms in total. The third-order valence-electron chi connectivity index (χ3n) is 10.3. The number of unbranched alkanes of at least 4 members (excludes halogenated alkanes) is 28. The Hall–Kier alpha value is -1.40. The van der Waals surface area contributed by atoms with Gasteiger partial charge in [0.15, 0.2) is 0 Å². The van der Waals surface area contributed by atoms with Crippen LogP contribution in [0.4, 0.5) is 0 Å². The molecular formula is C45H87NO5. The van der Waals surface area contributed by atoms with Crippen LogP contribution in [0.15, 0.2) is 12.2 Å². The average Bonchev–Trinajstić information content (AvgIpc) is 3.13. The van der Waals surface area contributed by atoms with Gasteiger partial charge in [-0.2, -0.15) is 0 Å². The van der Waals surface area contributed by atoms with Crippen molar-refractivity contribution >= 4 is 11.9 Å². The maximum atomic E-state index is 12.3. The molecule has 302 valence electrons. The first-order valence-corrected chi connectivity index (χ1v) is 22.4. The number of rotatable bonds is 41. The van der Waals surface area contributed by atoms with Gasteiger partial charge in [-0.05, 0) is 51.4 Å². The van der Waals surface area contributed by atoms with Crippen molar-refractivity contribution in [2.24, 2.45) is 0 Å². The van der Waals surface area contributed by atoms with Gasteiger partial charge in [0.1, 0.15) is 0 Å². The zero-order valence-corrected chi connectivity index (χ0v) is 34.1. The Morgan fingerprint density at radius 3 is 1.39 bits per heavy atom. The molecule has 0 radical (unpaired) electrons. The van der Waals surface area contributed by atoms with Crippen molar-refractivity contribution in [3.63, 3.8) is 0 Å². The molecule has 2 unspecified atom stereocenters. The van der Waals surface area contributed by atoms with Gasteiger partial charge < -0.3 is 20.3 Å². The minimum absolute atomic E-state index is 0.0229. The van der Waals surface area contributed by atoms with Gasteiger partial charge in [0, 0.05) is 12.8 Å². The lowest BCUT2D eigenvalue weighted by Crippen LogP contribution is -2.45. The van der Waals surface area contributed by atoms with E-state index >= 15 is 0 Å². The monoisotopic (exact) mass is 722 g/mol. The van der Waals surface area contributed by atoms with Crippen molar-refractivity contribution in [1.29, 1.82) is 0 Å². The number of hydrogen-bond donors (Lipinski definition) is 3. The molecule has 0 aliphatic rings. The lowest BCUT2D eigenvalue weighted by atomic mass is 10.0. The highest BCUT2D eigenvalue weighted by Gasteiger charge is 2.20. The van der Waals surface area contributed by atoms with Gasteiger partial charge in [-0.25, -0.2) is 0 Å². The SMILES string of the molecule is CCCCCCC/C=C\CCCCCCCC(=O)OCCCCCCCCCCCCCC(=O)NC(CO)C(O)CCCCCCCCCCC. The first-order chi connectivity index (χ1) is 25.0. The normalized spacial score (nSPS) is 12.8. The van der Waals surface area contributed by atoms with Crippen molar-refractivity contribution in [2.75, 3.05) is 13.2 Å². The summed E-state index contributed by atoms with van der Waals surface area (Å²) in [6.07, 6.45) is 44.5. The lowest BCUT2D eigenvalue weighted by Gasteiger charge is -2.22. The van der Waals surface area contributed by atoms with Gasteiger partial charge in [-0.3, -0.25) is 9.59 Å². The number of amides is 1. The van der Waals surface area contributed by atoms with Crippen LogP contribution in [0.25, 0.3) is 0 Å². The van der Waals surface area contributed by atoms with E-state index in [9.17, 15) is 19.8 Å². The van der Waals surface area contributed by atoms with Gasteiger partial charge >= 0.3 is 5.97 Å². The molecule has 6 heteroatoms. The van der Waals surface area contributed by atoms with E-state index in [4.69, 9.17) is 4.74 Å². The van der Waals surface area contributed by atoms with Gasteiger partial charge in [0.05, 0.1) is 25.4 Å². The van der Waals surface area contributed by atoms with Crippen LogP contribution < -0.4 is 5.32 Å². The number of aliphatic hydroxyl groups is 2. The van der Waals surface area contributed by atoms with E-state index < -0.39 is 12.1 Å². The maximum Gasteiger partial charge on any atom is 0.305 e. The Labute approximate surface area is 317 Å². The standard InChI is InChI=1S/C45H87NO5/c1-3-5-7-9-11-13-14-15-16-19-23-27-31-35-39-45(50)51-40-36-32-28-24-20-17-18-22-26-30-34-38-44(49)46-42(41-47)43(48)37-33-29-25-21-12-10-8-6-4-2/h14-15,42-43,47-48H,3-13,16-41H2,1-2H3,(H,46,49)/b15-14-. The Morgan fingerprint density at radius 1 is 0.529 bits per heavy atom. The summed E-state index contributed by atoms with van der Waals surface area (Å²) in [5.41, 5.74) is 0. The molecule has 2 atom stereocenters. The number of allylic oxidation sites excluding steroid dienone is 2. The van der Waals surface area contributed by atoms with Crippen LogP contribution in [0.5, 0.6) is 0 Å². The third kappa shape index (κ3) is 38.1. The van der Waals surface area contributed by atoms with E-state index in [1.165, 1.54) is 148 Å². The Balaban J connectivity index is 3.46. The summed E-state index contributed by atoms with van der Waals surface area (Å²) in [7, 11) is 0. The van der Waals surface area contributed by atoms with Gasteiger partial charge in [-0.1, -0.05) is 187 Å². The fourth-order valence-electron chi connectivity index (χ4n) is 6.81. The summed E-state index contributed by atoms with van der Waals surface area (Å²) < 4.78 is 5.44. The van der Waals surface area contributed by atoms with Crippen LogP contribution in [0.2, 0.25) is 0 Å². The first-order valence-electron chi connectivity index (χ1n) is 22.4. The number of aliphatic hydroxyl groups excluding tert-OH is 2. The Morgan fingerprint density at radius 2 is 0.922 bits per heavy atom. The molecule has 0 saturated heterocycles. The number of carbonyl (C=O) groups excluding carboxylic acids is 2. The molecular weight excluding hydrogens is 634 g/mol. The summed E-state index contributed by atoms with van der Waals surface area (Å²) >= 11 is 0. The zero-order valence-electron chi connectivity index (χ0n) is 34.1. The maximum absolute atomic E-state index is 12.3. The molecule has 0 aromatic heterocycles. The second-order valence-corrected chi connectivity index (χ2v) is 15.4. The first kappa shape index (κ1) is 49.6. The van der Waals surface area contributed by atoms with Crippen LogP contribution in [-0.4, -0.2) is 47.4 Å². The van der Waals surface area contributed by atoms with Crippen LogP contribution in [-0.2, 0) is 14.3 Å². The minimum atomic E-state index is -0.673. The highest BCUT2D eigenvalue weighted by Crippen LogP contribution is 2.15. The van der Waals surface area contributed by atoms with E-state index in [0.29, 0.717) is 25.9 Å². The lowest BCUT2D eigenvalue weighted by molar-refractivity contribution is -0.143. The van der Waals surface area contributed by atoms with Gasteiger partial charge in [-0.15, -0.1) is 0 Å². The molecule has 0 fully saturated rings. The van der Waals surface area contributed by atoms with Crippen LogP contribution in [0.1, 0.15) is 239 Å². The van der Waals surface area contributed by atoms with Gasteiger partial charge in [0.25, 0.3) is 0 Å². The summed E-state index contributed by atoms with van der Waals surface area (Å²) in [6.45, 7) is 4.86. The van der Waals surface area contributed by atoms with Crippen LogP contribution in [0.3, 0.4) is 0 Å². The van der Waals surface area contributed by atoms with E-state index in [-0.39, 0.29) is 18.5 Å². The molecule has 0 heterocycles. The number of hydrogen-bond acceptors (Lipinski definition) is 5. The highest BCUT2D eigenvalue weighted by molar-refractivity contribution is 5.76. The molecule has 0 aromatic carbocycles. The molecule has 0 aliphatic heterocycles. The third-order valence-corrected chi connectivity index (χ3v) is 10.3. The van der Waals surface area contributed by atoms with E-state index in [1.54, 1.807) is 0 Å². The quantitative estimate of drug-likeness (QED) is 0.0332. The van der Waals surface area contributed by atoms with E-state index in [1.807, 2.05) is 0 Å². The molecule has 0 saturated carbocycles. The molecule has 0 aromatic rings. The van der Waals surface area contributed by atoms with E-state index in [2.05, 4.69) is 31.3 Å². The fraction of sp³-hybridized carbons (Fsp3) is 0.911. The number of ether oxygens (including phenoxy) is 1. The zero-order chi connectivity index (χ0) is 37.3. The number of nitrogens with one attached hydrogen (secondary N) is 1. The predicted molar refractivity (Wildman–Crippen MR) is 218 cm³/mol.